The molecule has 0 spiro atoms. The average Bonchev–Trinajstić information content (AvgIpc) is 2.90. The third-order valence-corrected chi connectivity index (χ3v) is 5.93. The van der Waals surface area contributed by atoms with Crippen molar-refractivity contribution in [2.45, 2.75) is 31.9 Å². The van der Waals surface area contributed by atoms with Crippen LogP contribution in [-0.2, 0) is 12.2 Å². The van der Waals surface area contributed by atoms with Gasteiger partial charge in [-0.3, -0.25) is 4.79 Å². The lowest BCUT2D eigenvalue weighted by molar-refractivity contribution is 0.104. The SMILES string of the molecule is CC(C)c1ccc(C(=O)c2cc3c(s2)CCSC3)cc1. The minimum absolute atomic E-state index is 0.171. The second kappa shape index (κ2) is 5.74. The number of rotatable bonds is 3. The second-order valence-electron chi connectivity index (χ2n) is 5.47. The molecule has 0 amide bonds. The molecular weight excluding hydrogens is 284 g/mol. The molecule has 0 unspecified atom stereocenters. The molecule has 0 bridgehead atoms. The molecule has 2 heterocycles. The van der Waals surface area contributed by atoms with E-state index in [2.05, 4.69) is 32.0 Å². The molecular formula is C17H18OS2. The summed E-state index contributed by atoms with van der Waals surface area (Å²) in [4.78, 5) is 14.9. The smallest absolute Gasteiger partial charge is 0.202 e. The van der Waals surface area contributed by atoms with Crippen molar-refractivity contribution >= 4 is 28.9 Å². The number of aryl methyl sites for hydroxylation is 1. The normalized spacial score (nSPS) is 14.3. The number of carbonyl (C=O) groups excluding carboxylic acids is 1. The summed E-state index contributed by atoms with van der Waals surface area (Å²) in [6.45, 7) is 4.34. The van der Waals surface area contributed by atoms with Crippen molar-refractivity contribution in [3.63, 3.8) is 0 Å². The number of thioether (sulfide) groups is 1. The van der Waals surface area contributed by atoms with Crippen LogP contribution < -0.4 is 0 Å². The summed E-state index contributed by atoms with van der Waals surface area (Å²) in [5.41, 5.74) is 3.46. The van der Waals surface area contributed by atoms with E-state index in [0.29, 0.717) is 5.92 Å². The van der Waals surface area contributed by atoms with Crippen molar-refractivity contribution < 1.29 is 4.79 Å². The molecule has 1 nitrogen and oxygen atoms in total. The predicted octanol–water partition coefficient (Wildman–Crippen LogP) is 4.89. The first-order valence-corrected chi connectivity index (χ1v) is 8.96. The maximum absolute atomic E-state index is 12.5. The van der Waals surface area contributed by atoms with E-state index in [1.807, 2.05) is 23.9 Å². The molecule has 20 heavy (non-hydrogen) atoms. The van der Waals surface area contributed by atoms with Crippen LogP contribution in [-0.4, -0.2) is 11.5 Å². The maximum Gasteiger partial charge on any atom is 0.202 e. The fraction of sp³-hybridized carbons (Fsp3) is 0.353. The molecule has 3 heteroatoms. The van der Waals surface area contributed by atoms with Gasteiger partial charge in [0.15, 0.2) is 0 Å². The number of thiophene rings is 1. The van der Waals surface area contributed by atoms with Crippen LogP contribution in [0.1, 0.15) is 51.0 Å². The molecule has 1 aliphatic rings. The minimum Gasteiger partial charge on any atom is -0.288 e. The molecule has 1 aromatic carbocycles. The topological polar surface area (TPSA) is 17.1 Å². The zero-order valence-electron chi connectivity index (χ0n) is 11.8. The van der Waals surface area contributed by atoms with Crippen molar-refractivity contribution in [1.82, 2.24) is 0 Å². The summed E-state index contributed by atoms with van der Waals surface area (Å²) in [5.74, 6) is 2.92. The highest BCUT2D eigenvalue weighted by Gasteiger charge is 2.18. The largest absolute Gasteiger partial charge is 0.288 e. The van der Waals surface area contributed by atoms with Gasteiger partial charge < -0.3 is 0 Å². The van der Waals surface area contributed by atoms with Gasteiger partial charge in [0.05, 0.1) is 4.88 Å². The molecule has 0 saturated heterocycles. The number of carbonyl (C=O) groups is 1. The van der Waals surface area contributed by atoms with E-state index in [9.17, 15) is 4.79 Å². The zero-order valence-corrected chi connectivity index (χ0v) is 13.4. The van der Waals surface area contributed by atoms with Crippen LogP contribution in [0.5, 0.6) is 0 Å². The first-order valence-electron chi connectivity index (χ1n) is 6.99. The van der Waals surface area contributed by atoms with Crippen LogP contribution >= 0.6 is 23.1 Å². The number of fused-ring (bicyclic) bond motifs is 1. The van der Waals surface area contributed by atoms with Gasteiger partial charge in [-0.25, -0.2) is 0 Å². The summed E-state index contributed by atoms with van der Waals surface area (Å²) >= 11 is 3.64. The molecule has 0 N–H and O–H groups in total. The molecule has 0 atom stereocenters. The van der Waals surface area contributed by atoms with Crippen LogP contribution in [0.15, 0.2) is 30.3 Å². The van der Waals surface area contributed by atoms with Gasteiger partial charge in [0.1, 0.15) is 0 Å². The Morgan fingerprint density at radius 2 is 1.95 bits per heavy atom. The Bertz CT molecular complexity index is 599. The van der Waals surface area contributed by atoms with Crippen molar-refractivity contribution in [3.05, 3.63) is 56.8 Å². The Morgan fingerprint density at radius 1 is 1.20 bits per heavy atom. The lowest BCUT2D eigenvalue weighted by Crippen LogP contribution is -1.99. The molecule has 104 valence electrons. The lowest BCUT2D eigenvalue weighted by atomic mass is 10.00. The Labute approximate surface area is 128 Å². The Balaban J connectivity index is 1.86. The summed E-state index contributed by atoms with van der Waals surface area (Å²) in [6.07, 6.45) is 1.12. The third-order valence-electron chi connectivity index (χ3n) is 3.69. The number of hydrogen-bond acceptors (Lipinski definition) is 3. The molecule has 2 aromatic rings. The molecule has 0 saturated carbocycles. The van der Waals surface area contributed by atoms with E-state index < -0.39 is 0 Å². The first kappa shape index (κ1) is 13.9. The Morgan fingerprint density at radius 3 is 2.60 bits per heavy atom. The molecule has 1 aromatic heterocycles. The molecule has 1 aliphatic heterocycles. The van der Waals surface area contributed by atoms with Crippen molar-refractivity contribution in [3.8, 4) is 0 Å². The number of ketones is 1. The highest BCUT2D eigenvalue weighted by atomic mass is 32.2. The van der Waals surface area contributed by atoms with Crippen LogP contribution in [0.3, 0.4) is 0 Å². The van der Waals surface area contributed by atoms with E-state index >= 15 is 0 Å². The van der Waals surface area contributed by atoms with Gasteiger partial charge in [-0.1, -0.05) is 38.1 Å². The Kier molecular flexibility index (Phi) is 3.99. The van der Waals surface area contributed by atoms with Gasteiger partial charge in [0, 0.05) is 16.2 Å². The summed E-state index contributed by atoms with van der Waals surface area (Å²) in [6, 6.07) is 10.2. The summed E-state index contributed by atoms with van der Waals surface area (Å²) in [7, 11) is 0. The van der Waals surface area contributed by atoms with Crippen molar-refractivity contribution in [2.75, 3.05) is 5.75 Å². The fourth-order valence-electron chi connectivity index (χ4n) is 2.42. The lowest BCUT2D eigenvalue weighted by Gasteiger charge is -2.08. The van der Waals surface area contributed by atoms with Gasteiger partial charge in [0.2, 0.25) is 5.78 Å². The predicted molar refractivity (Wildman–Crippen MR) is 88.1 cm³/mol. The van der Waals surface area contributed by atoms with Crippen LogP contribution in [0.25, 0.3) is 0 Å². The molecule has 0 fully saturated rings. The number of hydrogen-bond donors (Lipinski definition) is 0. The van der Waals surface area contributed by atoms with Crippen LogP contribution in [0.2, 0.25) is 0 Å². The van der Waals surface area contributed by atoms with Gasteiger partial charge in [-0.05, 0) is 35.3 Å². The average molecular weight is 302 g/mol. The van der Waals surface area contributed by atoms with E-state index in [4.69, 9.17) is 0 Å². The molecule has 0 radical (unpaired) electrons. The quantitative estimate of drug-likeness (QED) is 0.751. The zero-order chi connectivity index (χ0) is 14.1. The van der Waals surface area contributed by atoms with Crippen LogP contribution in [0.4, 0.5) is 0 Å². The van der Waals surface area contributed by atoms with Gasteiger partial charge in [0.25, 0.3) is 0 Å². The monoisotopic (exact) mass is 302 g/mol. The third kappa shape index (κ3) is 2.70. The first-order chi connectivity index (χ1) is 9.65. The number of benzene rings is 1. The van der Waals surface area contributed by atoms with Crippen molar-refractivity contribution in [2.24, 2.45) is 0 Å². The standard InChI is InChI=1S/C17H18OS2/c1-11(2)12-3-5-13(6-4-12)17(18)16-9-14-10-19-8-7-15(14)20-16/h3-6,9,11H,7-8,10H2,1-2H3. The highest BCUT2D eigenvalue weighted by Crippen LogP contribution is 2.32. The van der Waals surface area contributed by atoms with Crippen molar-refractivity contribution in [1.29, 1.82) is 0 Å². The maximum atomic E-state index is 12.5. The molecule has 3 rings (SSSR count). The second-order valence-corrected chi connectivity index (χ2v) is 7.71. The van der Waals surface area contributed by atoms with E-state index in [1.165, 1.54) is 21.8 Å². The highest BCUT2D eigenvalue weighted by molar-refractivity contribution is 7.98. The Hall–Kier alpha value is -1.06. The molecule has 0 aliphatic carbocycles. The fourth-order valence-corrected chi connectivity index (χ4v) is 4.76. The van der Waals surface area contributed by atoms with E-state index in [0.717, 1.165) is 22.6 Å². The van der Waals surface area contributed by atoms with Gasteiger partial charge in [-0.2, -0.15) is 11.8 Å². The minimum atomic E-state index is 0.171. The van der Waals surface area contributed by atoms with E-state index in [-0.39, 0.29) is 5.78 Å². The van der Waals surface area contributed by atoms with Gasteiger partial charge >= 0.3 is 0 Å². The van der Waals surface area contributed by atoms with E-state index in [1.54, 1.807) is 11.3 Å². The van der Waals surface area contributed by atoms with Crippen LogP contribution in [0, 0.1) is 0 Å². The summed E-state index contributed by atoms with van der Waals surface area (Å²) in [5, 5.41) is 0. The summed E-state index contributed by atoms with van der Waals surface area (Å²) < 4.78 is 0. The van der Waals surface area contributed by atoms with Gasteiger partial charge in [-0.15, -0.1) is 11.3 Å².